The van der Waals surface area contributed by atoms with E-state index in [-0.39, 0.29) is 17.6 Å². The van der Waals surface area contributed by atoms with E-state index in [1.165, 1.54) is 35.0 Å². The largest absolute Gasteiger partial charge is 0.506 e. The zero-order valence-electron chi connectivity index (χ0n) is 15.5. The fraction of sp³-hybridized carbons (Fsp3) is 0.0455. The number of rotatable bonds is 4. The van der Waals surface area contributed by atoms with Crippen molar-refractivity contribution in [3.05, 3.63) is 99.2 Å². The lowest BCUT2D eigenvalue weighted by atomic mass is 10.1. The third-order valence-corrected chi connectivity index (χ3v) is 4.84. The molecule has 2 aromatic heterocycles. The molecule has 0 bridgehead atoms. The van der Waals surface area contributed by atoms with Gasteiger partial charge in [0.25, 0.3) is 11.5 Å². The summed E-state index contributed by atoms with van der Waals surface area (Å²) < 4.78 is 14.5. The maximum Gasteiger partial charge on any atom is 0.273 e. The number of carbonyl (C=O) groups is 1. The molecule has 4 aromatic rings. The minimum absolute atomic E-state index is 0.135. The maximum atomic E-state index is 13.4. The van der Waals surface area contributed by atoms with Crippen LogP contribution in [0.4, 0.5) is 4.39 Å². The Labute approximate surface area is 175 Å². The van der Waals surface area contributed by atoms with Gasteiger partial charge in [0.2, 0.25) is 0 Å². The minimum Gasteiger partial charge on any atom is -0.506 e. The van der Waals surface area contributed by atoms with E-state index < -0.39 is 28.6 Å². The highest BCUT2D eigenvalue weighted by Gasteiger charge is 2.23. The van der Waals surface area contributed by atoms with Crippen molar-refractivity contribution in [3.8, 4) is 11.4 Å². The lowest BCUT2D eigenvalue weighted by molar-refractivity contribution is 0.0946. The van der Waals surface area contributed by atoms with Gasteiger partial charge in [0.15, 0.2) is 5.65 Å². The Morgan fingerprint density at radius 2 is 1.80 bits per heavy atom. The molecule has 2 heterocycles. The van der Waals surface area contributed by atoms with Crippen LogP contribution in [0.5, 0.6) is 5.75 Å². The monoisotopic (exact) mass is 423 g/mol. The van der Waals surface area contributed by atoms with Crippen LogP contribution in [-0.2, 0) is 6.54 Å². The summed E-state index contributed by atoms with van der Waals surface area (Å²) in [4.78, 5) is 30.2. The first-order valence-corrected chi connectivity index (χ1v) is 9.35. The van der Waals surface area contributed by atoms with Gasteiger partial charge in [-0.25, -0.2) is 9.37 Å². The third-order valence-electron chi connectivity index (χ3n) is 4.59. The first-order chi connectivity index (χ1) is 14.5. The summed E-state index contributed by atoms with van der Waals surface area (Å²) in [5, 5.41) is 14.1. The Hall–Kier alpha value is -3.71. The number of amides is 1. The first kappa shape index (κ1) is 19.6. The molecule has 0 atom stereocenters. The summed E-state index contributed by atoms with van der Waals surface area (Å²) in [6.45, 7) is 0.135. The summed E-state index contributed by atoms with van der Waals surface area (Å²) in [5.41, 5.74) is 0.0546. The molecule has 4 rings (SSSR count). The number of hydrogen-bond donors (Lipinski definition) is 2. The van der Waals surface area contributed by atoms with E-state index in [1.807, 2.05) is 0 Å². The molecular formula is C22H15ClFN3O3. The van der Waals surface area contributed by atoms with Crippen molar-refractivity contribution in [1.29, 1.82) is 0 Å². The fourth-order valence-electron chi connectivity index (χ4n) is 3.11. The van der Waals surface area contributed by atoms with Crippen molar-refractivity contribution < 1.29 is 14.3 Å². The second-order valence-electron chi connectivity index (χ2n) is 6.52. The molecule has 0 aliphatic carbocycles. The van der Waals surface area contributed by atoms with Gasteiger partial charge in [-0.3, -0.25) is 14.2 Å². The van der Waals surface area contributed by atoms with Crippen LogP contribution >= 0.6 is 11.6 Å². The number of benzene rings is 2. The van der Waals surface area contributed by atoms with Gasteiger partial charge >= 0.3 is 0 Å². The molecule has 0 fully saturated rings. The number of halogens is 2. The Morgan fingerprint density at radius 3 is 2.50 bits per heavy atom. The van der Waals surface area contributed by atoms with Crippen LogP contribution in [-0.4, -0.2) is 20.6 Å². The zero-order valence-corrected chi connectivity index (χ0v) is 16.2. The quantitative estimate of drug-likeness (QED) is 0.522. The first-order valence-electron chi connectivity index (χ1n) is 8.97. The Bertz CT molecular complexity index is 1300. The van der Waals surface area contributed by atoms with Crippen molar-refractivity contribution in [2.75, 3.05) is 0 Å². The molecule has 0 saturated heterocycles. The van der Waals surface area contributed by atoms with Crippen molar-refractivity contribution in [3.63, 3.8) is 0 Å². The van der Waals surface area contributed by atoms with Crippen LogP contribution in [0.25, 0.3) is 16.7 Å². The summed E-state index contributed by atoms with van der Waals surface area (Å²) in [6, 6.07) is 15.2. The second kappa shape index (κ2) is 7.96. The van der Waals surface area contributed by atoms with E-state index >= 15 is 0 Å². The van der Waals surface area contributed by atoms with E-state index in [1.54, 1.807) is 36.4 Å². The van der Waals surface area contributed by atoms with Crippen LogP contribution in [0, 0.1) is 5.82 Å². The predicted octanol–water partition coefficient (Wildman–Crippen LogP) is 3.81. The standard InChI is InChI=1S/C22H15ClFN3O3/c23-14-5-3-13(4-6-14)12-26-21(29)18-19(28)17-2-1-11-25-20(17)27(22(18)30)16-9-7-15(24)8-10-16/h1-11,28H,12H2,(H,26,29). The smallest absolute Gasteiger partial charge is 0.273 e. The number of hydrogen-bond acceptors (Lipinski definition) is 4. The molecule has 0 saturated carbocycles. The average molecular weight is 424 g/mol. The van der Waals surface area contributed by atoms with E-state index in [0.29, 0.717) is 10.7 Å². The van der Waals surface area contributed by atoms with Crippen LogP contribution in [0.2, 0.25) is 5.02 Å². The lowest BCUT2D eigenvalue weighted by Crippen LogP contribution is -2.33. The normalized spacial score (nSPS) is 10.9. The summed E-state index contributed by atoms with van der Waals surface area (Å²) in [5.74, 6) is -1.67. The van der Waals surface area contributed by atoms with Gasteiger partial charge < -0.3 is 10.4 Å². The molecular weight excluding hydrogens is 409 g/mol. The molecule has 150 valence electrons. The molecule has 0 spiro atoms. The molecule has 0 aliphatic rings. The van der Waals surface area contributed by atoms with E-state index in [0.717, 1.165) is 5.56 Å². The van der Waals surface area contributed by atoms with E-state index in [9.17, 15) is 19.1 Å². The Kier molecular flexibility index (Phi) is 5.20. The predicted molar refractivity (Wildman–Crippen MR) is 112 cm³/mol. The summed E-state index contributed by atoms with van der Waals surface area (Å²) >= 11 is 5.86. The van der Waals surface area contributed by atoms with E-state index in [4.69, 9.17) is 11.6 Å². The minimum atomic E-state index is -0.765. The van der Waals surface area contributed by atoms with Gasteiger partial charge in [-0.2, -0.15) is 0 Å². The number of carbonyl (C=O) groups excluding carboxylic acids is 1. The highest BCUT2D eigenvalue weighted by molar-refractivity contribution is 6.30. The third kappa shape index (κ3) is 3.62. The Morgan fingerprint density at radius 1 is 1.10 bits per heavy atom. The summed E-state index contributed by atoms with van der Waals surface area (Å²) in [6.07, 6.45) is 1.46. The van der Waals surface area contributed by atoms with Gasteiger partial charge in [0.1, 0.15) is 17.1 Å². The number of pyridine rings is 2. The maximum absolute atomic E-state index is 13.4. The zero-order chi connectivity index (χ0) is 21.3. The van der Waals surface area contributed by atoms with Crippen molar-refractivity contribution >= 4 is 28.5 Å². The number of nitrogens with one attached hydrogen (secondary N) is 1. The Balaban J connectivity index is 1.81. The van der Waals surface area contributed by atoms with Crippen LogP contribution < -0.4 is 10.9 Å². The van der Waals surface area contributed by atoms with Crippen molar-refractivity contribution in [2.45, 2.75) is 6.54 Å². The number of aromatic hydroxyl groups is 1. The van der Waals surface area contributed by atoms with Crippen LogP contribution in [0.1, 0.15) is 15.9 Å². The van der Waals surface area contributed by atoms with E-state index in [2.05, 4.69) is 10.3 Å². The number of nitrogens with zero attached hydrogens (tertiary/aromatic N) is 2. The second-order valence-corrected chi connectivity index (χ2v) is 6.96. The van der Waals surface area contributed by atoms with Crippen molar-refractivity contribution in [1.82, 2.24) is 14.9 Å². The van der Waals surface area contributed by atoms with Crippen LogP contribution in [0.15, 0.2) is 71.7 Å². The van der Waals surface area contributed by atoms with Crippen LogP contribution in [0.3, 0.4) is 0 Å². The fourth-order valence-corrected chi connectivity index (χ4v) is 3.24. The molecule has 0 radical (unpaired) electrons. The highest BCUT2D eigenvalue weighted by atomic mass is 35.5. The van der Waals surface area contributed by atoms with Gasteiger partial charge in [-0.05, 0) is 54.1 Å². The van der Waals surface area contributed by atoms with Gasteiger partial charge in [0, 0.05) is 17.8 Å². The van der Waals surface area contributed by atoms with Gasteiger partial charge in [-0.1, -0.05) is 23.7 Å². The molecule has 30 heavy (non-hydrogen) atoms. The topological polar surface area (TPSA) is 84.2 Å². The molecule has 0 aliphatic heterocycles. The average Bonchev–Trinajstić information content (AvgIpc) is 2.75. The highest BCUT2D eigenvalue weighted by Crippen LogP contribution is 2.26. The number of aromatic nitrogens is 2. The molecule has 6 nitrogen and oxygen atoms in total. The number of fused-ring (bicyclic) bond motifs is 1. The molecule has 1 amide bonds. The molecule has 0 unspecified atom stereocenters. The lowest BCUT2D eigenvalue weighted by Gasteiger charge is -2.14. The SMILES string of the molecule is O=C(NCc1ccc(Cl)cc1)c1c(O)c2cccnc2n(-c2ccc(F)cc2)c1=O. The van der Waals surface area contributed by atoms with Gasteiger partial charge in [-0.15, -0.1) is 0 Å². The molecule has 2 N–H and O–H groups in total. The molecule has 8 heteroatoms. The molecule has 2 aromatic carbocycles. The summed E-state index contributed by atoms with van der Waals surface area (Å²) in [7, 11) is 0. The van der Waals surface area contributed by atoms with Crippen molar-refractivity contribution in [2.24, 2.45) is 0 Å². The van der Waals surface area contributed by atoms with Gasteiger partial charge in [0.05, 0.1) is 11.1 Å².